The van der Waals surface area contributed by atoms with Crippen molar-refractivity contribution in [3.8, 4) is 6.07 Å². The Labute approximate surface area is 90.1 Å². The van der Waals surface area contributed by atoms with Crippen LogP contribution in [0.4, 0.5) is 0 Å². The summed E-state index contributed by atoms with van der Waals surface area (Å²) < 4.78 is 1.88. The normalized spacial score (nSPS) is 22.5. The van der Waals surface area contributed by atoms with Gasteiger partial charge < -0.3 is 4.90 Å². The first-order valence-corrected chi connectivity index (χ1v) is 5.51. The first kappa shape index (κ1) is 10.2. The third-order valence-electron chi connectivity index (χ3n) is 3.06. The maximum atomic E-state index is 8.94. The third kappa shape index (κ3) is 2.02. The number of hydrogen-bond donors (Lipinski definition) is 0. The Morgan fingerprint density at radius 3 is 3.27 bits per heavy atom. The molecule has 1 saturated heterocycles. The molecule has 0 spiro atoms. The summed E-state index contributed by atoms with van der Waals surface area (Å²) in [6.07, 6.45) is 4.04. The van der Waals surface area contributed by atoms with Gasteiger partial charge in [0.15, 0.2) is 0 Å². The number of nitrogens with zero attached hydrogens (tertiary/aromatic N) is 4. The molecule has 1 fully saturated rings. The van der Waals surface area contributed by atoms with Gasteiger partial charge in [-0.3, -0.25) is 4.68 Å². The van der Waals surface area contributed by atoms with Gasteiger partial charge in [-0.2, -0.15) is 10.4 Å². The van der Waals surface area contributed by atoms with Crippen molar-refractivity contribution in [3.63, 3.8) is 0 Å². The van der Waals surface area contributed by atoms with Gasteiger partial charge in [0, 0.05) is 6.54 Å². The quantitative estimate of drug-likeness (QED) is 0.731. The van der Waals surface area contributed by atoms with Crippen LogP contribution in [0.15, 0.2) is 12.3 Å². The average molecular weight is 204 g/mol. The highest BCUT2D eigenvalue weighted by Crippen LogP contribution is 2.21. The maximum absolute atomic E-state index is 8.94. The largest absolute Gasteiger partial charge is 0.301 e. The van der Waals surface area contributed by atoms with E-state index in [1.165, 1.54) is 13.0 Å². The van der Waals surface area contributed by atoms with Crippen LogP contribution in [0.2, 0.25) is 0 Å². The van der Waals surface area contributed by atoms with E-state index in [1.54, 1.807) is 12.3 Å². The van der Waals surface area contributed by atoms with Crippen LogP contribution >= 0.6 is 0 Å². The zero-order valence-corrected chi connectivity index (χ0v) is 9.06. The van der Waals surface area contributed by atoms with Crippen LogP contribution in [0.3, 0.4) is 0 Å². The lowest BCUT2D eigenvalue weighted by molar-refractivity contribution is 0.177. The highest BCUT2D eigenvalue weighted by atomic mass is 15.3. The van der Waals surface area contributed by atoms with Crippen molar-refractivity contribution in [2.75, 3.05) is 19.6 Å². The summed E-state index contributed by atoms with van der Waals surface area (Å²) in [5.74, 6) is 0. The number of aromatic nitrogens is 2. The van der Waals surface area contributed by atoms with Gasteiger partial charge in [-0.05, 0) is 32.0 Å². The summed E-state index contributed by atoms with van der Waals surface area (Å²) in [5, 5.41) is 13.2. The first-order valence-electron chi connectivity index (χ1n) is 5.51. The molecule has 0 bridgehead atoms. The van der Waals surface area contributed by atoms with Gasteiger partial charge in [0.1, 0.15) is 11.8 Å². The summed E-state index contributed by atoms with van der Waals surface area (Å²) in [7, 11) is 0. The van der Waals surface area contributed by atoms with Gasteiger partial charge in [0.25, 0.3) is 0 Å². The van der Waals surface area contributed by atoms with Crippen LogP contribution in [0.5, 0.6) is 0 Å². The van der Waals surface area contributed by atoms with E-state index in [0.29, 0.717) is 11.7 Å². The van der Waals surface area contributed by atoms with Gasteiger partial charge in [-0.15, -0.1) is 0 Å². The van der Waals surface area contributed by atoms with E-state index in [2.05, 4.69) is 23.0 Å². The minimum atomic E-state index is 0.378. The minimum absolute atomic E-state index is 0.378. The monoisotopic (exact) mass is 204 g/mol. The second kappa shape index (κ2) is 4.45. The molecule has 1 aromatic heterocycles. The fourth-order valence-electron chi connectivity index (χ4n) is 2.21. The summed E-state index contributed by atoms with van der Waals surface area (Å²) in [6, 6.07) is 4.35. The first-order chi connectivity index (χ1) is 7.35. The highest BCUT2D eigenvalue weighted by Gasteiger charge is 2.22. The molecule has 2 rings (SSSR count). The molecule has 2 heterocycles. The zero-order chi connectivity index (χ0) is 10.7. The van der Waals surface area contributed by atoms with Gasteiger partial charge >= 0.3 is 0 Å². The van der Waals surface area contributed by atoms with Crippen LogP contribution in [-0.2, 0) is 0 Å². The minimum Gasteiger partial charge on any atom is -0.301 e. The van der Waals surface area contributed by atoms with Crippen LogP contribution in [0, 0.1) is 11.3 Å². The van der Waals surface area contributed by atoms with Gasteiger partial charge in [-0.1, -0.05) is 6.92 Å². The molecule has 1 aliphatic rings. The van der Waals surface area contributed by atoms with E-state index < -0.39 is 0 Å². The summed E-state index contributed by atoms with van der Waals surface area (Å²) in [6.45, 7) is 5.46. The molecule has 0 aliphatic carbocycles. The fraction of sp³-hybridized carbons (Fsp3) is 0.636. The van der Waals surface area contributed by atoms with Crippen LogP contribution in [-0.4, -0.2) is 34.3 Å². The lowest BCUT2D eigenvalue weighted by Gasteiger charge is -2.32. The van der Waals surface area contributed by atoms with Crippen molar-refractivity contribution in [2.45, 2.75) is 25.8 Å². The molecule has 4 heteroatoms. The van der Waals surface area contributed by atoms with Crippen LogP contribution < -0.4 is 0 Å². The fourth-order valence-corrected chi connectivity index (χ4v) is 2.21. The Bertz CT molecular complexity index is 363. The Morgan fingerprint density at radius 1 is 1.67 bits per heavy atom. The molecule has 0 amide bonds. The highest BCUT2D eigenvalue weighted by molar-refractivity contribution is 5.19. The van der Waals surface area contributed by atoms with E-state index in [0.717, 1.165) is 19.5 Å². The maximum Gasteiger partial charge on any atom is 0.138 e. The molecule has 1 aromatic rings. The van der Waals surface area contributed by atoms with Crippen molar-refractivity contribution < 1.29 is 0 Å². The molecule has 0 radical (unpaired) electrons. The van der Waals surface area contributed by atoms with Crippen LogP contribution in [0.25, 0.3) is 0 Å². The lowest BCUT2D eigenvalue weighted by Crippen LogP contribution is -2.37. The SMILES string of the molecule is CCN1CCCC(n2nccc2C#N)C1. The van der Waals surface area contributed by atoms with Crippen molar-refractivity contribution in [3.05, 3.63) is 18.0 Å². The van der Waals surface area contributed by atoms with E-state index in [9.17, 15) is 0 Å². The summed E-state index contributed by atoms with van der Waals surface area (Å²) in [4.78, 5) is 2.41. The zero-order valence-electron chi connectivity index (χ0n) is 9.06. The van der Waals surface area contributed by atoms with Crippen molar-refractivity contribution in [1.82, 2.24) is 14.7 Å². The number of hydrogen-bond acceptors (Lipinski definition) is 3. The molecule has 80 valence electrons. The summed E-state index contributed by atoms with van der Waals surface area (Å²) in [5.41, 5.74) is 0.679. The van der Waals surface area contributed by atoms with E-state index in [1.807, 2.05) is 4.68 Å². The van der Waals surface area contributed by atoms with Gasteiger partial charge in [0.2, 0.25) is 0 Å². The van der Waals surface area contributed by atoms with E-state index >= 15 is 0 Å². The molecule has 1 aliphatic heterocycles. The Kier molecular flexibility index (Phi) is 3.02. The molecular weight excluding hydrogens is 188 g/mol. The summed E-state index contributed by atoms with van der Waals surface area (Å²) >= 11 is 0. The number of likely N-dealkylation sites (N-methyl/N-ethyl adjacent to an activating group) is 1. The molecule has 0 saturated carbocycles. The second-order valence-corrected chi connectivity index (χ2v) is 3.96. The second-order valence-electron chi connectivity index (χ2n) is 3.96. The third-order valence-corrected chi connectivity index (χ3v) is 3.06. The molecule has 0 N–H and O–H groups in total. The number of rotatable bonds is 2. The van der Waals surface area contributed by atoms with Gasteiger partial charge in [0.05, 0.1) is 12.2 Å². The smallest absolute Gasteiger partial charge is 0.138 e. The topological polar surface area (TPSA) is 44.9 Å². The van der Waals surface area contributed by atoms with Gasteiger partial charge in [-0.25, -0.2) is 0 Å². The van der Waals surface area contributed by atoms with E-state index in [4.69, 9.17) is 5.26 Å². The van der Waals surface area contributed by atoms with Crippen molar-refractivity contribution in [1.29, 1.82) is 5.26 Å². The van der Waals surface area contributed by atoms with E-state index in [-0.39, 0.29) is 0 Å². The molecule has 15 heavy (non-hydrogen) atoms. The number of likely N-dealkylation sites (tertiary alicyclic amines) is 1. The predicted molar refractivity (Wildman–Crippen MR) is 57.3 cm³/mol. The Hall–Kier alpha value is -1.34. The predicted octanol–water partition coefficient (Wildman–Crippen LogP) is 1.41. The van der Waals surface area contributed by atoms with Crippen LogP contribution in [0.1, 0.15) is 31.5 Å². The molecule has 1 unspecified atom stereocenters. The Balaban J connectivity index is 2.14. The molecule has 4 nitrogen and oxygen atoms in total. The standard InChI is InChI=1S/C11H16N4/c1-2-14-7-3-4-11(9-14)15-10(8-12)5-6-13-15/h5-6,11H,2-4,7,9H2,1H3. The Morgan fingerprint density at radius 2 is 2.53 bits per heavy atom. The molecule has 1 atom stereocenters. The number of piperidine rings is 1. The molecular formula is C11H16N4. The molecule has 0 aromatic carbocycles. The average Bonchev–Trinajstić information content (AvgIpc) is 2.77. The lowest BCUT2D eigenvalue weighted by atomic mass is 10.1. The number of nitriles is 1. The van der Waals surface area contributed by atoms with Crippen molar-refractivity contribution >= 4 is 0 Å². The van der Waals surface area contributed by atoms with Crippen molar-refractivity contribution in [2.24, 2.45) is 0 Å².